The van der Waals surface area contributed by atoms with Crippen molar-refractivity contribution in [3.63, 3.8) is 0 Å². The average molecular weight is 288 g/mol. The van der Waals surface area contributed by atoms with Crippen LogP contribution in [0.4, 0.5) is 8.78 Å². The van der Waals surface area contributed by atoms with Gasteiger partial charge in [-0.3, -0.25) is 0 Å². The molecule has 0 aliphatic rings. The molecule has 0 unspecified atom stereocenters. The molecule has 2 rings (SSSR count). The topological polar surface area (TPSA) is 34.0 Å². The summed E-state index contributed by atoms with van der Waals surface area (Å²) in [5, 5.41) is 7.60. The van der Waals surface area contributed by atoms with Crippen molar-refractivity contribution in [1.82, 2.24) is 0 Å². The van der Waals surface area contributed by atoms with E-state index in [0.717, 1.165) is 23.3 Å². The van der Waals surface area contributed by atoms with Gasteiger partial charge in [-0.25, -0.2) is 8.78 Å². The van der Waals surface area contributed by atoms with Crippen LogP contribution < -0.4 is 4.74 Å². The van der Waals surface area contributed by atoms with Crippen LogP contribution in [0, 0.1) is 18.6 Å². The lowest BCUT2D eigenvalue weighted by Gasteiger charge is -2.03. The lowest BCUT2D eigenvalue weighted by molar-refractivity contribution is 0.360. The lowest BCUT2D eigenvalue weighted by atomic mass is 10.2. The first kappa shape index (κ1) is 14.8. The Morgan fingerprint density at radius 1 is 0.905 bits per heavy atom. The van der Waals surface area contributed by atoms with Crippen LogP contribution in [0.5, 0.6) is 5.75 Å². The molecule has 0 atom stereocenters. The summed E-state index contributed by atoms with van der Waals surface area (Å²) in [6, 6.07) is 9.99. The summed E-state index contributed by atoms with van der Waals surface area (Å²) in [5.74, 6) is -1.96. The van der Waals surface area contributed by atoms with Gasteiger partial charge in [0.25, 0.3) is 0 Å². The largest absolute Gasteiger partial charge is 0.491 e. The SMILES string of the molecule is COc1c(F)cc(C=NN=Cc2ccc(C)cc2)cc1F. The van der Waals surface area contributed by atoms with Crippen LogP contribution in [0.3, 0.4) is 0 Å². The lowest BCUT2D eigenvalue weighted by Crippen LogP contribution is -1.95. The van der Waals surface area contributed by atoms with Crippen molar-refractivity contribution in [3.05, 3.63) is 64.7 Å². The van der Waals surface area contributed by atoms with Crippen LogP contribution in [-0.2, 0) is 0 Å². The van der Waals surface area contributed by atoms with Crippen molar-refractivity contribution in [2.24, 2.45) is 10.2 Å². The first-order valence-electron chi connectivity index (χ1n) is 6.26. The summed E-state index contributed by atoms with van der Waals surface area (Å²) in [6.07, 6.45) is 2.84. The van der Waals surface area contributed by atoms with Gasteiger partial charge in [-0.05, 0) is 24.6 Å². The molecule has 5 heteroatoms. The third-order valence-electron chi connectivity index (χ3n) is 2.78. The summed E-state index contributed by atoms with van der Waals surface area (Å²) < 4.78 is 31.5. The van der Waals surface area contributed by atoms with Gasteiger partial charge in [-0.15, -0.1) is 0 Å². The van der Waals surface area contributed by atoms with E-state index in [-0.39, 0.29) is 5.56 Å². The maximum atomic E-state index is 13.5. The third kappa shape index (κ3) is 3.95. The molecular weight excluding hydrogens is 274 g/mol. The molecule has 0 N–H and O–H groups in total. The van der Waals surface area contributed by atoms with Gasteiger partial charge in [0.1, 0.15) is 0 Å². The zero-order chi connectivity index (χ0) is 15.2. The Morgan fingerprint density at radius 3 is 1.95 bits per heavy atom. The summed E-state index contributed by atoms with van der Waals surface area (Å²) in [4.78, 5) is 0. The number of methoxy groups -OCH3 is 1. The van der Waals surface area contributed by atoms with Crippen molar-refractivity contribution in [2.75, 3.05) is 7.11 Å². The van der Waals surface area contributed by atoms with E-state index in [9.17, 15) is 8.78 Å². The van der Waals surface area contributed by atoms with E-state index in [1.165, 1.54) is 13.3 Å². The minimum absolute atomic E-state index is 0.270. The number of benzene rings is 2. The Bertz CT molecular complexity index is 656. The number of ether oxygens (including phenoxy) is 1. The highest BCUT2D eigenvalue weighted by Gasteiger charge is 2.10. The number of halogens is 2. The van der Waals surface area contributed by atoms with Crippen LogP contribution >= 0.6 is 0 Å². The third-order valence-corrected chi connectivity index (χ3v) is 2.78. The Hall–Kier alpha value is -2.56. The fourth-order valence-corrected chi connectivity index (χ4v) is 1.70. The highest BCUT2D eigenvalue weighted by atomic mass is 19.1. The molecular formula is C16H14F2N2O. The average Bonchev–Trinajstić information content (AvgIpc) is 2.45. The van der Waals surface area contributed by atoms with Gasteiger partial charge < -0.3 is 4.74 Å². The number of nitrogens with zero attached hydrogens (tertiary/aromatic N) is 2. The van der Waals surface area contributed by atoms with Gasteiger partial charge >= 0.3 is 0 Å². The normalized spacial score (nSPS) is 11.4. The van der Waals surface area contributed by atoms with Crippen LogP contribution in [0.15, 0.2) is 46.6 Å². The van der Waals surface area contributed by atoms with E-state index in [2.05, 4.69) is 14.9 Å². The second kappa shape index (κ2) is 6.74. The maximum Gasteiger partial charge on any atom is 0.190 e. The van der Waals surface area contributed by atoms with E-state index < -0.39 is 17.4 Å². The van der Waals surface area contributed by atoms with Gasteiger partial charge in [0.2, 0.25) is 0 Å². The highest BCUT2D eigenvalue weighted by molar-refractivity contribution is 5.82. The number of hydrogen-bond donors (Lipinski definition) is 0. The van der Waals surface area contributed by atoms with E-state index in [0.29, 0.717) is 0 Å². The molecule has 0 aliphatic carbocycles. The number of hydrogen-bond acceptors (Lipinski definition) is 3. The molecule has 0 saturated heterocycles. The molecule has 0 spiro atoms. The van der Waals surface area contributed by atoms with Crippen molar-refractivity contribution >= 4 is 12.4 Å². The van der Waals surface area contributed by atoms with Crippen LogP contribution in [-0.4, -0.2) is 19.5 Å². The van der Waals surface area contributed by atoms with Crippen molar-refractivity contribution in [1.29, 1.82) is 0 Å². The van der Waals surface area contributed by atoms with Crippen molar-refractivity contribution < 1.29 is 13.5 Å². The molecule has 0 radical (unpaired) electrons. The molecule has 0 bridgehead atoms. The smallest absolute Gasteiger partial charge is 0.190 e. The summed E-state index contributed by atoms with van der Waals surface area (Å²) in [7, 11) is 1.21. The van der Waals surface area contributed by atoms with Crippen molar-refractivity contribution in [3.8, 4) is 5.75 Å². The monoisotopic (exact) mass is 288 g/mol. The predicted molar refractivity (Wildman–Crippen MR) is 79.3 cm³/mol. The standard InChI is InChI=1S/C16H14F2N2O/c1-11-3-5-12(6-4-11)9-19-20-10-13-7-14(17)16(21-2)15(18)8-13/h3-10H,1-2H3. The van der Waals surface area contributed by atoms with Gasteiger partial charge in [0.05, 0.1) is 19.5 Å². The number of rotatable bonds is 4. The van der Waals surface area contributed by atoms with E-state index in [4.69, 9.17) is 0 Å². The van der Waals surface area contributed by atoms with Gasteiger partial charge in [0.15, 0.2) is 17.4 Å². The molecule has 0 amide bonds. The summed E-state index contributed by atoms with van der Waals surface area (Å²) >= 11 is 0. The Morgan fingerprint density at radius 2 is 1.43 bits per heavy atom. The highest BCUT2D eigenvalue weighted by Crippen LogP contribution is 2.21. The van der Waals surface area contributed by atoms with Crippen LogP contribution in [0.25, 0.3) is 0 Å². The molecule has 0 heterocycles. The molecule has 3 nitrogen and oxygen atoms in total. The molecule has 0 aliphatic heterocycles. The minimum Gasteiger partial charge on any atom is -0.491 e. The molecule has 108 valence electrons. The summed E-state index contributed by atoms with van der Waals surface area (Å²) in [5.41, 5.74) is 2.32. The van der Waals surface area contributed by atoms with Gasteiger partial charge in [-0.2, -0.15) is 10.2 Å². The number of aryl methyl sites for hydroxylation is 1. The van der Waals surface area contributed by atoms with E-state index >= 15 is 0 Å². The summed E-state index contributed by atoms with van der Waals surface area (Å²) in [6.45, 7) is 1.99. The fraction of sp³-hybridized carbons (Fsp3) is 0.125. The predicted octanol–water partition coefficient (Wildman–Crippen LogP) is 3.73. The molecule has 0 aromatic heterocycles. The fourth-order valence-electron chi connectivity index (χ4n) is 1.70. The van der Waals surface area contributed by atoms with Crippen molar-refractivity contribution in [2.45, 2.75) is 6.92 Å². The molecule has 2 aromatic rings. The Labute approximate surface area is 121 Å². The maximum absolute atomic E-state index is 13.5. The Kier molecular flexibility index (Phi) is 4.77. The van der Waals surface area contributed by atoms with E-state index in [1.54, 1.807) is 6.21 Å². The quantitative estimate of drug-likeness (QED) is 0.623. The zero-order valence-electron chi connectivity index (χ0n) is 11.7. The van der Waals surface area contributed by atoms with Crippen LogP contribution in [0.1, 0.15) is 16.7 Å². The van der Waals surface area contributed by atoms with E-state index in [1.807, 2.05) is 31.2 Å². The zero-order valence-corrected chi connectivity index (χ0v) is 11.7. The molecule has 2 aromatic carbocycles. The van der Waals surface area contributed by atoms with Crippen LogP contribution in [0.2, 0.25) is 0 Å². The first-order chi connectivity index (χ1) is 10.1. The van der Waals surface area contributed by atoms with Gasteiger partial charge in [0, 0.05) is 5.56 Å². The van der Waals surface area contributed by atoms with Gasteiger partial charge in [-0.1, -0.05) is 29.8 Å². The molecule has 0 saturated carbocycles. The molecule has 21 heavy (non-hydrogen) atoms. The molecule has 0 fully saturated rings. The first-order valence-corrected chi connectivity index (χ1v) is 6.26. The Balaban J connectivity index is 2.09. The second-order valence-electron chi connectivity index (χ2n) is 4.42. The second-order valence-corrected chi connectivity index (χ2v) is 4.42. The minimum atomic E-state index is -0.776.